The summed E-state index contributed by atoms with van der Waals surface area (Å²) < 4.78 is 6.67. The van der Waals surface area contributed by atoms with E-state index in [-0.39, 0.29) is 5.41 Å². The average Bonchev–Trinajstić information content (AvgIpc) is 3.26. The van der Waals surface area contributed by atoms with Crippen LogP contribution >= 0.6 is 0 Å². The van der Waals surface area contributed by atoms with Crippen LogP contribution in [0.1, 0.15) is 25.0 Å². The maximum Gasteiger partial charge on any atom is 0.152 e. The van der Waals surface area contributed by atoms with Gasteiger partial charge in [-0.25, -0.2) is 0 Å². The number of hydrogen-bond acceptors (Lipinski definition) is 3. The summed E-state index contributed by atoms with van der Waals surface area (Å²) >= 11 is 0. The first kappa shape index (κ1) is 32.3. The van der Waals surface area contributed by atoms with Crippen LogP contribution in [0.4, 0.5) is 34.1 Å². The Labute approximate surface area is 327 Å². The number of ether oxygens (including phenoxy) is 1. The number of hydrogen-bond donors (Lipinski definition) is 0. The van der Waals surface area contributed by atoms with Crippen molar-refractivity contribution in [3.63, 3.8) is 0 Å². The van der Waals surface area contributed by atoms with Gasteiger partial charge in [0.2, 0.25) is 0 Å². The molecule has 0 radical (unpaired) electrons. The molecule has 2 aliphatic heterocycles. The van der Waals surface area contributed by atoms with Gasteiger partial charge in [0, 0.05) is 27.6 Å². The van der Waals surface area contributed by atoms with Crippen LogP contribution in [0.15, 0.2) is 194 Å². The minimum absolute atomic E-state index is 0.222. The van der Waals surface area contributed by atoms with Crippen LogP contribution in [0, 0.1) is 0 Å². The average molecular weight is 719 g/mol. The molecule has 0 spiro atoms. The van der Waals surface area contributed by atoms with E-state index < -0.39 is 0 Å². The van der Waals surface area contributed by atoms with Crippen molar-refractivity contribution in [1.29, 1.82) is 0 Å². The molecular weight excluding hydrogens is 681 g/mol. The molecule has 0 aliphatic carbocycles. The Morgan fingerprint density at radius 3 is 1.75 bits per heavy atom. The molecule has 0 fully saturated rings. The Bertz CT molecular complexity index is 2960. The second-order valence-electron chi connectivity index (χ2n) is 15.4. The first-order valence-corrected chi connectivity index (χ1v) is 19.3. The lowest BCUT2D eigenvalue weighted by Crippen LogP contribution is -2.32. The molecule has 2 heterocycles. The normalized spacial score (nSPS) is 13.4. The van der Waals surface area contributed by atoms with Gasteiger partial charge in [0.25, 0.3) is 0 Å². The molecule has 11 rings (SSSR count). The first-order chi connectivity index (χ1) is 27.5. The number of nitrogens with zero attached hydrogens (tertiary/aromatic N) is 2. The van der Waals surface area contributed by atoms with Crippen LogP contribution in [0.2, 0.25) is 0 Å². The number of para-hydroxylation sites is 1. The molecule has 3 nitrogen and oxygen atoms in total. The van der Waals surface area contributed by atoms with Crippen LogP contribution in [0.5, 0.6) is 11.5 Å². The van der Waals surface area contributed by atoms with Gasteiger partial charge in [-0.15, -0.1) is 0 Å². The summed E-state index contributed by atoms with van der Waals surface area (Å²) in [4.78, 5) is 4.84. The quantitative estimate of drug-likeness (QED) is 0.176. The van der Waals surface area contributed by atoms with Gasteiger partial charge >= 0.3 is 0 Å². The maximum atomic E-state index is 6.67. The fourth-order valence-corrected chi connectivity index (χ4v) is 9.00. The summed E-state index contributed by atoms with van der Waals surface area (Å²) in [6.45, 7) is 4.67. The zero-order valence-corrected chi connectivity index (χ0v) is 31.3. The van der Waals surface area contributed by atoms with E-state index in [1.807, 2.05) is 0 Å². The largest absolute Gasteiger partial charge is 0.453 e. The lowest BCUT2D eigenvalue weighted by Gasteiger charge is -2.45. The summed E-state index contributed by atoms with van der Waals surface area (Å²) in [5, 5.41) is 4.80. The van der Waals surface area contributed by atoms with Gasteiger partial charge in [0.15, 0.2) is 11.5 Å². The molecule has 0 aromatic heterocycles. The fraction of sp³-hybridized carbons (Fsp3) is 0.0566. The van der Waals surface area contributed by atoms with E-state index in [1.54, 1.807) is 0 Å². The fourth-order valence-electron chi connectivity index (χ4n) is 9.00. The van der Waals surface area contributed by atoms with Crippen molar-refractivity contribution in [3.8, 4) is 33.8 Å². The zero-order valence-electron chi connectivity index (χ0n) is 31.3. The number of fused-ring (bicyclic) bond motifs is 7. The van der Waals surface area contributed by atoms with E-state index in [1.165, 1.54) is 55.0 Å². The summed E-state index contributed by atoms with van der Waals surface area (Å²) in [5.41, 5.74) is 13.9. The Morgan fingerprint density at radius 2 is 1.00 bits per heavy atom. The summed E-state index contributed by atoms with van der Waals surface area (Å²) in [5.74, 6) is 1.77. The van der Waals surface area contributed by atoms with Crippen molar-refractivity contribution in [3.05, 3.63) is 205 Å². The monoisotopic (exact) mass is 718 g/mol. The molecule has 266 valence electrons. The van der Waals surface area contributed by atoms with Crippen LogP contribution < -0.4 is 14.5 Å². The van der Waals surface area contributed by atoms with Crippen molar-refractivity contribution >= 4 is 55.7 Å². The van der Waals surface area contributed by atoms with E-state index in [9.17, 15) is 0 Å². The minimum Gasteiger partial charge on any atom is -0.453 e. The molecule has 56 heavy (non-hydrogen) atoms. The third-order valence-corrected chi connectivity index (χ3v) is 11.8. The number of benzene rings is 9. The van der Waals surface area contributed by atoms with Gasteiger partial charge in [0.05, 0.1) is 22.7 Å². The highest BCUT2D eigenvalue weighted by atomic mass is 16.5. The highest BCUT2D eigenvalue weighted by molar-refractivity contribution is 6.06. The van der Waals surface area contributed by atoms with Crippen molar-refractivity contribution < 1.29 is 4.74 Å². The lowest BCUT2D eigenvalue weighted by molar-refractivity contribution is 0.472. The SMILES string of the molecule is CC1(C)c2ccc(-c3ccc(N(c4ccc(-c5ccccc5)cc4)c4cccc5ccccc45)cc3)cc2N2c3c(cccc31)Oc1ccc3ccccc3c12. The topological polar surface area (TPSA) is 15.7 Å². The van der Waals surface area contributed by atoms with Crippen molar-refractivity contribution in [2.75, 3.05) is 9.80 Å². The molecule has 0 bridgehead atoms. The number of anilines is 6. The third kappa shape index (κ3) is 4.98. The van der Waals surface area contributed by atoms with E-state index in [0.29, 0.717) is 0 Å². The second kappa shape index (κ2) is 12.5. The van der Waals surface area contributed by atoms with Crippen LogP contribution in [0.25, 0.3) is 43.8 Å². The van der Waals surface area contributed by atoms with E-state index in [4.69, 9.17) is 4.74 Å². The molecule has 9 aromatic carbocycles. The van der Waals surface area contributed by atoms with E-state index in [2.05, 4.69) is 218 Å². The number of rotatable bonds is 5. The summed E-state index contributed by atoms with van der Waals surface area (Å²) in [6, 6.07) is 70.2. The van der Waals surface area contributed by atoms with Crippen molar-refractivity contribution in [2.24, 2.45) is 0 Å². The Morgan fingerprint density at radius 1 is 0.429 bits per heavy atom. The lowest BCUT2D eigenvalue weighted by atomic mass is 9.72. The van der Waals surface area contributed by atoms with Crippen LogP contribution in [-0.4, -0.2) is 0 Å². The minimum atomic E-state index is -0.222. The molecular formula is C53H38N2O. The highest BCUT2D eigenvalue weighted by Crippen LogP contribution is 2.61. The predicted molar refractivity (Wildman–Crippen MR) is 234 cm³/mol. The standard InChI is InChI=1S/C53H38N2O/c1-53(2)45-32-26-40(34-48(45)55-51-44-18-9-7-15-39(44)27-33-50(51)56-49-21-11-19-46(53)52(49)55)37-24-30-42(31-25-37)54(47-20-10-16-38-14-6-8-17-43(38)47)41-28-22-36(23-29-41)35-12-4-3-5-13-35/h3-34H,1-2H3. The third-order valence-electron chi connectivity index (χ3n) is 11.8. The van der Waals surface area contributed by atoms with Gasteiger partial charge in [-0.05, 0) is 92.7 Å². The zero-order chi connectivity index (χ0) is 37.4. The Kier molecular flexibility index (Phi) is 7.20. The van der Waals surface area contributed by atoms with E-state index >= 15 is 0 Å². The molecule has 9 aromatic rings. The van der Waals surface area contributed by atoms with E-state index in [0.717, 1.165) is 45.5 Å². The first-order valence-electron chi connectivity index (χ1n) is 19.3. The highest BCUT2D eigenvalue weighted by Gasteiger charge is 2.42. The van der Waals surface area contributed by atoms with Gasteiger partial charge < -0.3 is 14.5 Å². The molecule has 0 saturated carbocycles. The van der Waals surface area contributed by atoms with Gasteiger partial charge in [-0.1, -0.05) is 159 Å². The Balaban J connectivity index is 1.04. The molecule has 2 aliphatic rings. The van der Waals surface area contributed by atoms with Crippen molar-refractivity contribution in [2.45, 2.75) is 19.3 Å². The maximum absolute atomic E-state index is 6.67. The molecule has 0 atom stereocenters. The van der Waals surface area contributed by atoms with Crippen molar-refractivity contribution in [1.82, 2.24) is 0 Å². The summed E-state index contributed by atoms with van der Waals surface area (Å²) in [6.07, 6.45) is 0. The van der Waals surface area contributed by atoms with Gasteiger partial charge in [-0.2, -0.15) is 0 Å². The summed E-state index contributed by atoms with van der Waals surface area (Å²) in [7, 11) is 0. The Hall–Kier alpha value is -7.10. The molecule has 3 heteroatoms. The molecule has 0 amide bonds. The van der Waals surface area contributed by atoms with Gasteiger partial charge in [0.1, 0.15) is 0 Å². The molecule has 0 unspecified atom stereocenters. The van der Waals surface area contributed by atoms with Gasteiger partial charge in [-0.3, -0.25) is 0 Å². The second-order valence-corrected chi connectivity index (χ2v) is 15.4. The molecule has 0 saturated heterocycles. The predicted octanol–water partition coefficient (Wildman–Crippen LogP) is 15.0. The van der Waals surface area contributed by atoms with Crippen LogP contribution in [-0.2, 0) is 5.41 Å². The smallest absolute Gasteiger partial charge is 0.152 e. The van der Waals surface area contributed by atoms with Crippen LogP contribution in [0.3, 0.4) is 0 Å². The molecule has 0 N–H and O–H groups in total.